The van der Waals surface area contributed by atoms with E-state index in [1.807, 2.05) is 0 Å². The maximum absolute atomic E-state index is 5.56. The summed E-state index contributed by atoms with van der Waals surface area (Å²) in [5.41, 5.74) is 8.28. The van der Waals surface area contributed by atoms with Crippen molar-refractivity contribution >= 4 is 11.9 Å². The molecule has 3 N–H and O–H groups in total. The van der Waals surface area contributed by atoms with Crippen LogP contribution in [-0.4, -0.2) is 15.0 Å². The number of nitrogen functional groups attached to an aromatic ring is 1. The highest BCUT2D eigenvalue weighted by molar-refractivity contribution is 5.42. The van der Waals surface area contributed by atoms with Gasteiger partial charge in [0.05, 0.1) is 6.04 Å². The lowest BCUT2D eigenvalue weighted by molar-refractivity contribution is 0.538. The molecule has 5 heteroatoms. The molecular weight excluding hydrogens is 226 g/mol. The summed E-state index contributed by atoms with van der Waals surface area (Å²) in [6, 6.07) is 8.71. The van der Waals surface area contributed by atoms with Crippen LogP contribution in [-0.2, 0) is 6.42 Å². The Labute approximate surface area is 105 Å². The van der Waals surface area contributed by atoms with Gasteiger partial charge >= 0.3 is 0 Å². The fourth-order valence-corrected chi connectivity index (χ4v) is 2.53. The minimum atomic E-state index is 0.239. The van der Waals surface area contributed by atoms with Crippen molar-refractivity contribution in [2.45, 2.75) is 19.4 Å². The van der Waals surface area contributed by atoms with E-state index in [0.29, 0.717) is 11.9 Å². The van der Waals surface area contributed by atoms with Crippen molar-refractivity contribution in [3.63, 3.8) is 0 Å². The smallest absolute Gasteiger partial charge is 0.227 e. The zero-order valence-electron chi connectivity index (χ0n) is 10.2. The third-order valence-corrected chi connectivity index (χ3v) is 3.38. The van der Waals surface area contributed by atoms with Gasteiger partial charge in [-0.3, -0.25) is 0 Å². The van der Waals surface area contributed by atoms with E-state index in [4.69, 9.17) is 5.73 Å². The van der Waals surface area contributed by atoms with Crippen molar-refractivity contribution < 1.29 is 0 Å². The molecule has 18 heavy (non-hydrogen) atoms. The number of nitrogens with one attached hydrogen (secondary N) is 1. The molecule has 0 fully saturated rings. The van der Waals surface area contributed by atoms with Crippen LogP contribution in [0.25, 0.3) is 0 Å². The third kappa shape index (κ3) is 1.88. The predicted octanol–water partition coefficient (Wildman–Crippen LogP) is 1.80. The summed E-state index contributed by atoms with van der Waals surface area (Å²) >= 11 is 0. The van der Waals surface area contributed by atoms with Crippen molar-refractivity contribution in [1.29, 1.82) is 0 Å². The number of anilines is 2. The second-order valence-electron chi connectivity index (χ2n) is 4.67. The molecule has 1 aromatic carbocycles. The normalized spacial score (nSPS) is 21.6. The highest BCUT2D eigenvalue weighted by Crippen LogP contribution is 2.37. The van der Waals surface area contributed by atoms with Crippen LogP contribution in [0.1, 0.15) is 24.1 Å². The topological polar surface area (TPSA) is 76.7 Å². The van der Waals surface area contributed by atoms with Crippen molar-refractivity contribution in [2.24, 2.45) is 5.92 Å². The fourth-order valence-electron chi connectivity index (χ4n) is 2.53. The van der Waals surface area contributed by atoms with Crippen molar-refractivity contribution in [3.8, 4) is 0 Å². The van der Waals surface area contributed by atoms with Crippen LogP contribution in [0.5, 0.6) is 0 Å². The van der Waals surface area contributed by atoms with Gasteiger partial charge in [0, 0.05) is 0 Å². The average Bonchev–Trinajstić information content (AvgIpc) is 2.66. The van der Waals surface area contributed by atoms with E-state index < -0.39 is 0 Å². The monoisotopic (exact) mass is 241 g/mol. The molecule has 0 aliphatic heterocycles. The Kier molecular flexibility index (Phi) is 2.59. The Bertz CT molecular complexity index is 569. The number of aromatic nitrogens is 3. The first kappa shape index (κ1) is 11.0. The van der Waals surface area contributed by atoms with E-state index in [2.05, 4.69) is 51.5 Å². The fraction of sp³-hybridized carbons (Fsp3) is 0.308. The number of nitrogens with two attached hydrogens (primary N) is 1. The largest absolute Gasteiger partial charge is 0.368 e. The Morgan fingerprint density at radius 1 is 1.28 bits per heavy atom. The quantitative estimate of drug-likeness (QED) is 0.838. The van der Waals surface area contributed by atoms with Crippen LogP contribution >= 0.6 is 0 Å². The third-order valence-electron chi connectivity index (χ3n) is 3.38. The molecule has 92 valence electrons. The number of hydrogen-bond acceptors (Lipinski definition) is 5. The molecule has 5 nitrogen and oxygen atoms in total. The number of hydrogen-bond donors (Lipinski definition) is 2. The molecular formula is C13H15N5. The molecule has 0 saturated heterocycles. The van der Waals surface area contributed by atoms with Gasteiger partial charge in [-0.25, -0.2) is 9.97 Å². The summed E-state index contributed by atoms with van der Waals surface area (Å²) in [5, 5.41) is 3.35. The molecule has 3 rings (SSSR count). The molecule has 0 bridgehead atoms. The predicted molar refractivity (Wildman–Crippen MR) is 69.9 cm³/mol. The molecule has 0 saturated carbocycles. The van der Waals surface area contributed by atoms with Crippen LogP contribution in [0.4, 0.5) is 11.9 Å². The Hall–Kier alpha value is -2.17. The highest BCUT2D eigenvalue weighted by atomic mass is 15.2. The Morgan fingerprint density at radius 2 is 2.11 bits per heavy atom. The Balaban J connectivity index is 1.89. The van der Waals surface area contributed by atoms with Crippen LogP contribution in [0, 0.1) is 5.92 Å². The average molecular weight is 241 g/mol. The van der Waals surface area contributed by atoms with Crippen molar-refractivity contribution in [1.82, 2.24) is 15.0 Å². The minimum Gasteiger partial charge on any atom is -0.368 e. The van der Waals surface area contributed by atoms with Gasteiger partial charge in [0.1, 0.15) is 6.33 Å². The van der Waals surface area contributed by atoms with Gasteiger partial charge in [-0.05, 0) is 23.5 Å². The van der Waals surface area contributed by atoms with Crippen LogP contribution < -0.4 is 11.1 Å². The van der Waals surface area contributed by atoms with Gasteiger partial charge < -0.3 is 11.1 Å². The van der Waals surface area contributed by atoms with Gasteiger partial charge in [-0.2, -0.15) is 4.98 Å². The molecule has 2 aromatic rings. The zero-order valence-corrected chi connectivity index (χ0v) is 10.2. The summed E-state index contributed by atoms with van der Waals surface area (Å²) in [5.74, 6) is 1.29. The summed E-state index contributed by atoms with van der Waals surface area (Å²) in [7, 11) is 0. The lowest BCUT2D eigenvalue weighted by atomic mass is 10.0. The molecule has 1 aromatic heterocycles. The number of rotatable bonds is 2. The minimum absolute atomic E-state index is 0.239. The van der Waals surface area contributed by atoms with Crippen molar-refractivity contribution in [3.05, 3.63) is 41.7 Å². The van der Waals surface area contributed by atoms with Crippen molar-refractivity contribution in [2.75, 3.05) is 11.1 Å². The lowest BCUT2D eigenvalue weighted by Crippen LogP contribution is -2.16. The van der Waals surface area contributed by atoms with E-state index in [-0.39, 0.29) is 12.0 Å². The molecule has 0 amide bonds. The molecule has 1 aliphatic rings. The number of benzene rings is 1. The number of nitrogens with zero attached hydrogens (tertiary/aromatic N) is 3. The van der Waals surface area contributed by atoms with E-state index in [1.165, 1.54) is 17.5 Å². The van der Waals surface area contributed by atoms with E-state index >= 15 is 0 Å². The first-order chi connectivity index (χ1) is 8.74. The second kappa shape index (κ2) is 4.25. The standard InChI is InChI=1S/C13H15N5/c1-8-6-9-4-2-3-5-10(9)11(8)17-13-16-7-15-12(14)18-13/h2-5,7-8,11H,6H2,1H3,(H3,14,15,16,17,18)/t8-,11+/m0/s1. The molecule has 0 spiro atoms. The van der Waals surface area contributed by atoms with Gasteiger partial charge in [0.15, 0.2) is 0 Å². The highest BCUT2D eigenvalue weighted by Gasteiger charge is 2.29. The van der Waals surface area contributed by atoms with Crippen LogP contribution in [0.15, 0.2) is 30.6 Å². The number of fused-ring (bicyclic) bond motifs is 1. The molecule has 1 heterocycles. The lowest BCUT2D eigenvalue weighted by Gasteiger charge is -2.18. The summed E-state index contributed by atoms with van der Waals surface area (Å²) in [6.45, 7) is 2.22. The maximum atomic E-state index is 5.56. The van der Waals surface area contributed by atoms with Crippen LogP contribution in [0.2, 0.25) is 0 Å². The first-order valence-corrected chi connectivity index (χ1v) is 6.03. The van der Waals surface area contributed by atoms with Gasteiger partial charge in [0.2, 0.25) is 11.9 Å². The molecule has 2 atom stereocenters. The maximum Gasteiger partial charge on any atom is 0.227 e. The van der Waals surface area contributed by atoms with Gasteiger partial charge in [-0.15, -0.1) is 0 Å². The zero-order chi connectivity index (χ0) is 12.5. The van der Waals surface area contributed by atoms with E-state index in [1.54, 1.807) is 0 Å². The Morgan fingerprint density at radius 3 is 2.94 bits per heavy atom. The molecule has 0 unspecified atom stereocenters. The van der Waals surface area contributed by atoms with Gasteiger partial charge in [-0.1, -0.05) is 31.2 Å². The first-order valence-electron chi connectivity index (χ1n) is 6.03. The van der Waals surface area contributed by atoms with E-state index in [9.17, 15) is 0 Å². The van der Waals surface area contributed by atoms with E-state index in [0.717, 1.165) is 6.42 Å². The molecule has 0 radical (unpaired) electrons. The van der Waals surface area contributed by atoms with Crippen LogP contribution in [0.3, 0.4) is 0 Å². The summed E-state index contributed by atoms with van der Waals surface area (Å²) in [6.07, 6.45) is 2.50. The summed E-state index contributed by atoms with van der Waals surface area (Å²) in [4.78, 5) is 12.0. The second-order valence-corrected chi connectivity index (χ2v) is 4.67. The molecule has 1 aliphatic carbocycles. The van der Waals surface area contributed by atoms with Gasteiger partial charge in [0.25, 0.3) is 0 Å². The summed E-state index contributed by atoms with van der Waals surface area (Å²) < 4.78 is 0. The SMILES string of the molecule is C[C@H]1Cc2ccccc2[C@@H]1Nc1ncnc(N)n1.